The fourth-order valence-corrected chi connectivity index (χ4v) is 10.2. The number of hydrogen-bond acceptors (Lipinski definition) is 18. The predicted molar refractivity (Wildman–Crippen MR) is 210 cm³/mol. The monoisotopic (exact) mass is 903 g/mol. The number of amides is 3. The quantitative estimate of drug-likeness (QED) is 0.147. The van der Waals surface area contributed by atoms with Crippen molar-refractivity contribution < 1.29 is 60.9 Å². The van der Waals surface area contributed by atoms with Gasteiger partial charge in [0.25, 0.3) is 5.56 Å². The van der Waals surface area contributed by atoms with E-state index in [-0.39, 0.29) is 36.7 Å². The molecule has 3 amide bonds. The maximum atomic E-state index is 13.8. The van der Waals surface area contributed by atoms with E-state index < -0.39 is 105 Å². The van der Waals surface area contributed by atoms with Gasteiger partial charge in [-0.1, -0.05) is 24.5 Å². The Kier molecular flexibility index (Phi) is 12.8. The molecule has 59 heavy (non-hydrogen) atoms. The minimum atomic E-state index is -4.32. The largest absolute Gasteiger partial charge is 0.474 e. The number of alkyl carbamates (subject to hydrolysis) is 1. The van der Waals surface area contributed by atoms with Crippen LogP contribution in [0.25, 0.3) is 11.2 Å². The molecule has 4 N–H and O–H groups in total. The Hall–Kier alpha value is -3.64. The maximum Gasteiger partial charge on any atom is 0.408 e. The lowest BCUT2D eigenvalue weighted by atomic mass is 10.1. The predicted octanol–water partition coefficient (Wildman–Crippen LogP) is 2.37. The number of anilines is 1. The van der Waals surface area contributed by atoms with Gasteiger partial charge in [0.2, 0.25) is 23.6 Å². The number of rotatable bonds is 7. The van der Waals surface area contributed by atoms with Gasteiger partial charge in [0.1, 0.15) is 48.9 Å². The van der Waals surface area contributed by atoms with Crippen molar-refractivity contribution in [3.63, 3.8) is 0 Å². The van der Waals surface area contributed by atoms with Gasteiger partial charge < -0.3 is 34.1 Å². The molecule has 23 nitrogen and oxygen atoms in total. The summed E-state index contributed by atoms with van der Waals surface area (Å²) in [6.45, 7) is -4.40. The molecule has 3 aromatic heterocycles. The van der Waals surface area contributed by atoms with Gasteiger partial charge in [0.15, 0.2) is 17.4 Å². The number of H-pyrrole nitrogens is 1. The maximum absolute atomic E-state index is 13.8. The first kappa shape index (κ1) is 43.4. The van der Waals surface area contributed by atoms with Crippen molar-refractivity contribution in [1.29, 1.82) is 0 Å². The van der Waals surface area contributed by atoms with E-state index in [1.54, 1.807) is 26.8 Å². The van der Waals surface area contributed by atoms with Crippen LogP contribution >= 0.6 is 38.1 Å². The zero-order chi connectivity index (χ0) is 42.3. The van der Waals surface area contributed by atoms with Crippen molar-refractivity contribution in [3.8, 4) is 5.88 Å². The molecule has 1 saturated carbocycles. The average molecular weight is 904 g/mol. The van der Waals surface area contributed by atoms with E-state index in [0.717, 1.165) is 6.33 Å². The summed E-state index contributed by atoms with van der Waals surface area (Å²) in [5.74, 6) is -1.75. The van der Waals surface area contributed by atoms with Crippen LogP contribution in [0.15, 0.2) is 29.7 Å². The number of nitrogens with one attached hydrogen (secondary N) is 3. The number of hydrogen-bond donors (Lipinski definition) is 6. The number of aromatic nitrogens is 6. The van der Waals surface area contributed by atoms with Crippen molar-refractivity contribution in [2.45, 2.75) is 94.8 Å². The van der Waals surface area contributed by atoms with Gasteiger partial charge in [0, 0.05) is 31.1 Å². The topological polar surface area (TPSA) is 287 Å². The van der Waals surface area contributed by atoms with Gasteiger partial charge in [-0.05, 0) is 40.0 Å². The summed E-state index contributed by atoms with van der Waals surface area (Å²) >= 11 is 8.35. The second-order valence-electron chi connectivity index (χ2n) is 15.1. The molecule has 3 aliphatic heterocycles. The molecule has 0 radical (unpaired) electrons. The summed E-state index contributed by atoms with van der Waals surface area (Å²) in [4.78, 5) is 72.0. The van der Waals surface area contributed by atoms with E-state index in [4.69, 9.17) is 32.3 Å². The first-order valence-electron chi connectivity index (χ1n) is 18.5. The van der Waals surface area contributed by atoms with Gasteiger partial charge in [-0.15, -0.1) is 0 Å². The van der Waals surface area contributed by atoms with Gasteiger partial charge in [-0.2, -0.15) is 4.98 Å². The number of thiol groups is 2. The molecule has 4 aliphatic rings. The highest BCUT2D eigenvalue weighted by atomic mass is 32.7. The van der Waals surface area contributed by atoms with E-state index in [1.807, 2.05) is 0 Å². The Balaban J connectivity index is 1.08. The van der Waals surface area contributed by atoms with Crippen LogP contribution in [-0.4, -0.2) is 126 Å². The molecule has 10 atom stereocenters. The van der Waals surface area contributed by atoms with Crippen molar-refractivity contribution in [3.05, 3.63) is 35.3 Å². The van der Waals surface area contributed by atoms with Crippen LogP contribution in [0.5, 0.6) is 5.88 Å². The second-order valence-corrected chi connectivity index (χ2v) is 20.9. The number of carbonyl (C=O) groups is 3. The fraction of sp³-hybridized carbons (Fsp3) is 0.625. The third-order valence-electron chi connectivity index (χ3n) is 9.73. The van der Waals surface area contributed by atoms with E-state index in [9.17, 15) is 33.4 Å². The molecule has 2 bridgehead atoms. The first-order chi connectivity index (χ1) is 27.8. The van der Waals surface area contributed by atoms with Crippen molar-refractivity contribution in [1.82, 2.24) is 39.7 Å². The molecular weight excluding hydrogens is 860 g/mol. The number of ether oxygens (including phenoxy) is 3. The van der Waals surface area contributed by atoms with Crippen LogP contribution in [0, 0.1) is 5.92 Å². The average Bonchev–Trinajstić information content (AvgIpc) is 3.95. The van der Waals surface area contributed by atoms with Crippen LogP contribution in [0.4, 0.5) is 10.7 Å². The summed E-state index contributed by atoms with van der Waals surface area (Å²) < 4.78 is 68.7. The van der Waals surface area contributed by atoms with Gasteiger partial charge in [0.05, 0.1) is 25.6 Å². The number of likely N-dealkylation sites (tertiary alicyclic amines) is 1. The molecule has 3 aromatic rings. The number of aliphatic hydroxyl groups excluding tert-OH is 1. The summed E-state index contributed by atoms with van der Waals surface area (Å²) in [6, 6.07) is 0.614. The summed E-state index contributed by atoms with van der Waals surface area (Å²) in [7, 11) is 0. The van der Waals surface area contributed by atoms with E-state index in [2.05, 4.69) is 60.1 Å². The molecule has 4 fully saturated rings. The highest BCUT2D eigenvalue weighted by Gasteiger charge is 2.51. The zero-order valence-corrected chi connectivity index (χ0v) is 35.4. The standard InChI is InChI=1S/C32H43N9O14P2S2/c1-32(2,3)53-31(46)34-11-22(42)40-8-4-5-18(40)27(44)38-30-37-26-23(28(45)39-30)36-15-41(26)29-25-24(43)20(52-29)13-50-56(47,58)54-19-10-17(51-21-6-7-33-14-35-21)9-16(19)12-49-57(48,59)55-25/h6-7,14-20,24-25,29,43H,4-5,8-13H2,1-3H3,(H,34,46)(H,47,58)(H,48,59)(H2,37,38,39,44,45)/t16-,17-,18-,19+,20-,24-,25-,29-,56-,57-/m1/s1. The molecule has 27 heteroatoms. The summed E-state index contributed by atoms with van der Waals surface area (Å²) in [5, 5.41) is 16.3. The number of aromatic amines is 1. The minimum absolute atomic E-state index is 0.153. The third kappa shape index (κ3) is 10.5. The van der Waals surface area contributed by atoms with Gasteiger partial charge in [-0.3, -0.25) is 42.8 Å². The lowest BCUT2D eigenvalue weighted by Gasteiger charge is -2.26. The normalized spacial score (nSPS) is 32.7. The van der Waals surface area contributed by atoms with Crippen LogP contribution in [0.1, 0.15) is 52.7 Å². The van der Waals surface area contributed by atoms with Crippen LogP contribution in [0.2, 0.25) is 0 Å². The Morgan fingerprint density at radius 2 is 1.85 bits per heavy atom. The summed E-state index contributed by atoms with van der Waals surface area (Å²) in [5.41, 5.74) is -1.90. The molecular formula is C32H43N9O14P2S2. The SMILES string of the molecule is CC(C)(C)OC(=O)NCC(=O)N1CCC[C@@H]1C(=O)Nc1nc2c(ncn2[C@@H]2O[C@@H]3CO[P@@](=O)(S)O[C@H]4C[C@H](Oc5ccncn5)C[C@@H]4CO[P@@](=O)(S)O[C@@H]2[C@@H]3O)c(=O)[nH]1. The lowest BCUT2D eigenvalue weighted by Crippen LogP contribution is -2.47. The number of carbonyl (C=O) groups excluding carboxylic acids is 3. The van der Waals surface area contributed by atoms with Gasteiger partial charge in [-0.25, -0.2) is 28.9 Å². The smallest absolute Gasteiger partial charge is 0.408 e. The van der Waals surface area contributed by atoms with Crippen LogP contribution in [-0.2, 0) is 46.3 Å². The van der Waals surface area contributed by atoms with Gasteiger partial charge >= 0.3 is 19.7 Å². The Morgan fingerprint density at radius 3 is 2.59 bits per heavy atom. The molecule has 0 unspecified atom stereocenters. The van der Waals surface area contributed by atoms with Crippen molar-refractivity contribution in [2.24, 2.45) is 5.92 Å². The molecule has 0 aromatic carbocycles. The molecule has 0 spiro atoms. The zero-order valence-electron chi connectivity index (χ0n) is 31.8. The Labute approximate surface area is 346 Å². The first-order valence-corrected chi connectivity index (χ1v) is 23.9. The lowest BCUT2D eigenvalue weighted by molar-refractivity contribution is -0.135. The van der Waals surface area contributed by atoms with E-state index in [0.29, 0.717) is 25.1 Å². The number of fused-ring (bicyclic) bond motifs is 4. The number of imidazole rings is 1. The second kappa shape index (κ2) is 17.4. The van der Waals surface area contributed by atoms with Crippen molar-refractivity contribution >= 4 is 73.1 Å². The summed E-state index contributed by atoms with van der Waals surface area (Å²) in [6.07, 6.45) is -2.60. The third-order valence-corrected chi connectivity index (χ3v) is 13.0. The van der Waals surface area contributed by atoms with E-state index >= 15 is 0 Å². The molecule has 1 aliphatic carbocycles. The minimum Gasteiger partial charge on any atom is -0.474 e. The van der Waals surface area contributed by atoms with E-state index in [1.165, 1.54) is 22.0 Å². The molecule has 7 rings (SSSR count). The van der Waals surface area contributed by atoms with Crippen LogP contribution in [0.3, 0.4) is 0 Å². The van der Waals surface area contributed by atoms with Crippen LogP contribution < -0.4 is 20.9 Å². The fourth-order valence-electron chi connectivity index (χ4n) is 7.17. The Bertz CT molecular complexity index is 2210. The molecule has 6 heterocycles. The van der Waals surface area contributed by atoms with Crippen molar-refractivity contribution in [2.75, 3.05) is 31.6 Å². The molecule has 3 saturated heterocycles. The highest BCUT2D eigenvalue weighted by molar-refractivity contribution is 8.44. The number of nitrogens with zero attached hydrogens (tertiary/aromatic N) is 6. The highest BCUT2D eigenvalue weighted by Crippen LogP contribution is 2.60. The number of aliphatic hydroxyl groups is 1. The molecule has 322 valence electrons. The Morgan fingerprint density at radius 1 is 1.08 bits per heavy atom.